The van der Waals surface area contributed by atoms with E-state index in [9.17, 15) is 9.59 Å². The topological polar surface area (TPSA) is 62.7 Å². The van der Waals surface area contributed by atoms with Crippen LogP contribution in [0.2, 0.25) is 0 Å². The van der Waals surface area contributed by atoms with Crippen LogP contribution in [-0.2, 0) is 14.3 Å². The highest BCUT2D eigenvalue weighted by molar-refractivity contribution is 7.09. The molecule has 2 fully saturated rings. The lowest BCUT2D eigenvalue weighted by Gasteiger charge is -2.34. The van der Waals surface area contributed by atoms with Gasteiger partial charge in [0.05, 0.1) is 6.04 Å². The van der Waals surface area contributed by atoms with Crippen molar-refractivity contribution in [3.05, 3.63) is 16.6 Å². The zero-order valence-electron chi connectivity index (χ0n) is 14.1. The molecule has 2 amide bonds. The van der Waals surface area contributed by atoms with E-state index in [1.807, 2.05) is 28.3 Å². The minimum Gasteiger partial charge on any atom is -0.372 e. The lowest BCUT2D eigenvalue weighted by Crippen LogP contribution is -2.45. The van der Waals surface area contributed by atoms with Gasteiger partial charge in [0.15, 0.2) is 0 Å². The molecule has 24 heavy (non-hydrogen) atoms. The molecule has 3 heterocycles. The minimum atomic E-state index is 0.0294. The van der Waals surface area contributed by atoms with E-state index >= 15 is 0 Å². The van der Waals surface area contributed by atoms with Gasteiger partial charge in [0.2, 0.25) is 11.8 Å². The molecule has 1 atom stereocenters. The van der Waals surface area contributed by atoms with Gasteiger partial charge in [-0.15, -0.1) is 11.3 Å². The number of aromatic nitrogens is 1. The summed E-state index contributed by atoms with van der Waals surface area (Å²) in [5, 5.41) is 3.02. The van der Waals surface area contributed by atoms with Gasteiger partial charge >= 0.3 is 0 Å². The number of carbonyl (C=O) groups is 2. The van der Waals surface area contributed by atoms with Gasteiger partial charge in [0.1, 0.15) is 11.6 Å². The summed E-state index contributed by atoms with van der Waals surface area (Å²) in [4.78, 5) is 33.2. The molecule has 2 aliphatic rings. The van der Waals surface area contributed by atoms with Crippen LogP contribution >= 0.6 is 11.3 Å². The molecule has 7 heteroatoms. The van der Waals surface area contributed by atoms with Crippen molar-refractivity contribution in [1.29, 1.82) is 0 Å². The molecular formula is C17H25N3O3S. The standard InChI is InChI=1S/C17H25N3O3S/c1-2-23-12-15(21)19-9-5-13(6-10-19)17(22)20-8-3-4-14(20)16-18-7-11-24-16/h7,11,13-14H,2-6,8-10,12H2,1H3. The van der Waals surface area contributed by atoms with Crippen LogP contribution in [0.25, 0.3) is 0 Å². The predicted molar refractivity (Wildman–Crippen MR) is 91.6 cm³/mol. The smallest absolute Gasteiger partial charge is 0.248 e. The number of ether oxygens (including phenoxy) is 1. The van der Waals surface area contributed by atoms with Gasteiger partial charge in [-0.3, -0.25) is 9.59 Å². The van der Waals surface area contributed by atoms with Crippen LogP contribution in [-0.4, -0.2) is 59.4 Å². The minimum absolute atomic E-state index is 0.0294. The van der Waals surface area contributed by atoms with E-state index in [2.05, 4.69) is 4.98 Å². The molecule has 0 N–H and O–H groups in total. The van der Waals surface area contributed by atoms with E-state index in [4.69, 9.17) is 4.74 Å². The SMILES string of the molecule is CCOCC(=O)N1CCC(C(=O)N2CCCC2c2nccs2)CC1. The summed E-state index contributed by atoms with van der Waals surface area (Å²) in [6.07, 6.45) is 5.35. The molecule has 1 aromatic heterocycles. The molecule has 3 rings (SSSR count). The van der Waals surface area contributed by atoms with E-state index in [0.29, 0.717) is 19.7 Å². The Morgan fingerprint density at radius 1 is 1.29 bits per heavy atom. The fourth-order valence-corrected chi connectivity index (χ4v) is 4.36. The van der Waals surface area contributed by atoms with Crippen molar-refractivity contribution in [2.24, 2.45) is 5.92 Å². The second kappa shape index (κ2) is 8.07. The summed E-state index contributed by atoms with van der Waals surface area (Å²) in [5.41, 5.74) is 0. The summed E-state index contributed by atoms with van der Waals surface area (Å²) in [7, 11) is 0. The van der Waals surface area contributed by atoms with Gasteiger partial charge in [-0.1, -0.05) is 0 Å². The molecule has 0 saturated carbocycles. The second-order valence-corrected chi connectivity index (χ2v) is 7.28. The predicted octanol–water partition coefficient (Wildman–Crippen LogP) is 2.08. The average Bonchev–Trinajstić information content (AvgIpc) is 3.29. The Kier molecular flexibility index (Phi) is 5.84. The Morgan fingerprint density at radius 3 is 2.75 bits per heavy atom. The molecule has 2 aliphatic heterocycles. The molecule has 2 saturated heterocycles. The number of carbonyl (C=O) groups excluding carboxylic acids is 2. The number of amides is 2. The first-order chi connectivity index (χ1) is 11.7. The van der Waals surface area contributed by atoms with Crippen LogP contribution in [0.15, 0.2) is 11.6 Å². The molecule has 0 spiro atoms. The maximum Gasteiger partial charge on any atom is 0.248 e. The Bertz CT molecular complexity index is 555. The van der Waals surface area contributed by atoms with Gasteiger partial charge in [-0.25, -0.2) is 4.98 Å². The molecule has 0 aliphatic carbocycles. The van der Waals surface area contributed by atoms with Crippen molar-refractivity contribution < 1.29 is 14.3 Å². The number of hydrogen-bond acceptors (Lipinski definition) is 5. The number of piperidine rings is 1. The van der Waals surface area contributed by atoms with E-state index in [1.165, 1.54) is 0 Å². The van der Waals surface area contributed by atoms with Crippen LogP contribution in [0.1, 0.15) is 43.7 Å². The monoisotopic (exact) mass is 351 g/mol. The van der Waals surface area contributed by atoms with Crippen LogP contribution in [0, 0.1) is 5.92 Å². The van der Waals surface area contributed by atoms with Crippen molar-refractivity contribution in [1.82, 2.24) is 14.8 Å². The van der Waals surface area contributed by atoms with Crippen molar-refractivity contribution in [3.8, 4) is 0 Å². The van der Waals surface area contributed by atoms with E-state index in [-0.39, 0.29) is 30.4 Å². The largest absolute Gasteiger partial charge is 0.372 e. The highest BCUT2D eigenvalue weighted by atomic mass is 32.1. The van der Waals surface area contributed by atoms with Crippen molar-refractivity contribution in [2.45, 2.75) is 38.6 Å². The van der Waals surface area contributed by atoms with Crippen LogP contribution in [0.3, 0.4) is 0 Å². The molecule has 1 aromatic rings. The first-order valence-electron chi connectivity index (χ1n) is 8.76. The fourth-order valence-electron chi connectivity index (χ4n) is 3.58. The molecule has 0 bridgehead atoms. The third-order valence-corrected chi connectivity index (χ3v) is 5.78. The Balaban J connectivity index is 1.54. The maximum atomic E-state index is 12.9. The van der Waals surface area contributed by atoms with E-state index in [0.717, 1.165) is 37.2 Å². The molecule has 132 valence electrons. The number of thiazole rings is 1. The van der Waals surface area contributed by atoms with Gasteiger partial charge < -0.3 is 14.5 Å². The van der Waals surface area contributed by atoms with Gasteiger partial charge in [-0.2, -0.15) is 0 Å². The molecule has 0 radical (unpaired) electrons. The lowest BCUT2D eigenvalue weighted by atomic mass is 9.95. The summed E-state index contributed by atoms with van der Waals surface area (Å²) in [5.74, 6) is 0.302. The second-order valence-electron chi connectivity index (χ2n) is 6.35. The zero-order valence-corrected chi connectivity index (χ0v) is 15.0. The summed E-state index contributed by atoms with van der Waals surface area (Å²) in [6.45, 7) is 4.71. The molecular weight excluding hydrogens is 326 g/mol. The Morgan fingerprint density at radius 2 is 2.08 bits per heavy atom. The summed E-state index contributed by atoms with van der Waals surface area (Å²) in [6, 6.07) is 0.148. The van der Waals surface area contributed by atoms with Crippen molar-refractivity contribution in [3.63, 3.8) is 0 Å². The zero-order chi connectivity index (χ0) is 16.9. The van der Waals surface area contributed by atoms with Gasteiger partial charge in [0.25, 0.3) is 0 Å². The van der Waals surface area contributed by atoms with Crippen LogP contribution in [0.5, 0.6) is 0 Å². The Labute approximate surface area is 146 Å². The Hall–Kier alpha value is -1.47. The average molecular weight is 351 g/mol. The van der Waals surface area contributed by atoms with E-state index < -0.39 is 0 Å². The highest BCUT2D eigenvalue weighted by Gasteiger charge is 2.36. The molecule has 1 unspecified atom stereocenters. The van der Waals surface area contributed by atoms with Crippen LogP contribution < -0.4 is 0 Å². The molecule has 0 aromatic carbocycles. The van der Waals surface area contributed by atoms with Gasteiger partial charge in [0, 0.05) is 43.7 Å². The van der Waals surface area contributed by atoms with Crippen molar-refractivity contribution in [2.75, 3.05) is 32.8 Å². The fraction of sp³-hybridized carbons (Fsp3) is 0.706. The first-order valence-corrected chi connectivity index (χ1v) is 9.64. The van der Waals surface area contributed by atoms with Crippen molar-refractivity contribution >= 4 is 23.2 Å². The number of nitrogens with zero attached hydrogens (tertiary/aromatic N) is 3. The highest BCUT2D eigenvalue weighted by Crippen LogP contribution is 2.35. The van der Waals surface area contributed by atoms with Gasteiger partial charge in [-0.05, 0) is 32.6 Å². The third kappa shape index (κ3) is 3.78. The summed E-state index contributed by atoms with van der Waals surface area (Å²) >= 11 is 1.63. The third-order valence-electron chi connectivity index (χ3n) is 4.90. The van der Waals surface area contributed by atoms with E-state index in [1.54, 1.807) is 11.3 Å². The number of hydrogen-bond donors (Lipinski definition) is 0. The quantitative estimate of drug-likeness (QED) is 0.815. The number of likely N-dealkylation sites (tertiary alicyclic amines) is 2. The van der Waals surface area contributed by atoms with Crippen LogP contribution in [0.4, 0.5) is 0 Å². The maximum absolute atomic E-state index is 12.9. The molecule has 6 nitrogen and oxygen atoms in total. The first kappa shape index (κ1) is 17.4. The lowest BCUT2D eigenvalue weighted by molar-refractivity contribution is -0.143. The summed E-state index contributed by atoms with van der Waals surface area (Å²) < 4.78 is 5.19. The normalized spacial score (nSPS) is 22.1. The number of rotatable bonds is 5.